The lowest BCUT2D eigenvalue weighted by Gasteiger charge is -2.25. The second-order valence-electron chi connectivity index (χ2n) is 8.42. The zero-order valence-corrected chi connectivity index (χ0v) is 19.4. The van der Waals surface area contributed by atoms with Gasteiger partial charge in [0.1, 0.15) is 0 Å². The van der Waals surface area contributed by atoms with E-state index in [1.54, 1.807) is 0 Å². The third-order valence-corrected chi connectivity index (χ3v) is 5.71. The van der Waals surface area contributed by atoms with Gasteiger partial charge in [0.2, 0.25) is 0 Å². The van der Waals surface area contributed by atoms with Crippen molar-refractivity contribution in [3.63, 3.8) is 0 Å². The van der Waals surface area contributed by atoms with Crippen molar-refractivity contribution in [1.29, 1.82) is 0 Å². The smallest absolute Gasteiger partial charge is 0.198 e. The average Bonchev–Trinajstić information content (AvgIpc) is 3.29. The van der Waals surface area contributed by atoms with Gasteiger partial charge in [0.15, 0.2) is 17.5 Å². The van der Waals surface area contributed by atoms with Crippen LogP contribution in [0.1, 0.15) is 22.3 Å². The Bertz CT molecular complexity index is 1350. The molecular formula is C30H26N4. The Balaban J connectivity index is 1.62. The van der Waals surface area contributed by atoms with Gasteiger partial charge in [-0.3, -0.25) is 0 Å². The van der Waals surface area contributed by atoms with Crippen LogP contribution in [0.15, 0.2) is 124 Å². The molecule has 0 N–H and O–H groups in total. The molecule has 0 unspecified atom stereocenters. The molecule has 0 saturated carbocycles. The maximum atomic E-state index is 5.01. The summed E-state index contributed by atoms with van der Waals surface area (Å²) in [5, 5.41) is 0. The molecule has 5 rings (SSSR count). The number of benzene rings is 4. The summed E-state index contributed by atoms with van der Waals surface area (Å²) in [6, 6.07) is 37.2. The van der Waals surface area contributed by atoms with Crippen molar-refractivity contribution < 1.29 is 0 Å². The number of aryl methyl sites for hydroxylation is 2. The normalized spacial score (nSPS) is 14.1. The number of aliphatic imine (C=N–C) groups is 3. The van der Waals surface area contributed by atoms with E-state index in [0.717, 1.165) is 22.8 Å². The van der Waals surface area contributed by atoms with Crippen LogP contribution in [-0.2, 0) is 6.54 Å². The SMILES string of the molecule is Cc1ccc(N=C2N=C(c3ccccc3)N=C2N(Cc2ccccc2)c2ccc(C)cc2)cc1. The molecule has 4 nitrogen and oxygen atoms in total. The molecule has 0 fully saturated rings. The van der Waals surface area contributed by atoms with Gasteiger partial charge in [-0.25, -0.2) is 15.0 Å². The highest BCUT2D eigenvalue weighted by Gasteiger charge is 2.26. The Morgan fingerprint density at radius 3 is 1.88 bits per heavy atom. The van der Waals surface area contributed by atoms with Crippen LogP contribution in [0.25, 0.3) is 0 Å². The fourth-order valence-corrected chi connectivity index (χ4v) is 3.82. The van der Waals surface area contributed by atoms with Crippen LogP contribution in [0.3, 0.4) is 0 Å². The summed E-state index contributed by atoms with van der Waals surface area (Å²) < 4.78 is 0. The van der Waals surface area contributed by atoms with E-state index in [4.69, 9.17) is 15.0 Å². The first-order valence-electron chi connectivity index (χ1n) is 11.4. The topological polar surface area (TPSA) is 40.3 Å². The van der Waals surface area contributed by atoms with E-state index in [9.17, 15) is 0 Å². The molecule has 0 amide bonds. The van der Waals surface area contributed by atoms with Gasteiger partial charge >= 0.3 is 0 Å². The van der Waals surface area contributed by atoms with Gasteiger partial charge in [-0.1, -0.05) is 96.1 Å². The molecule has 166 valence electrons. The van der Waals surface area contributed by atoms with Gasteiger partial charge in [0.25, 0.3) is 0 Å². The Labute approximate surface area is 200 Å². The second kappa shape index (κ2) is 9.67. The molecule has 1 heterocycles. The van der Waals surface area contributed by atoms with E-state index in [0.29, 0.717) is 18.2 Å². The summed E-state index contributed by atoms with van der Waals surface area (Å²) in [6.45, 7) is 4.83. The molecule has 0 bridgehead atoms. The molecule has 4 aromatic carbocycles. The molecule has 0 aromatic heterocycles. The predicted molar refractivity (Wildman–Crippen MR) is 142 cm³/mol. The summed E-state index contributed by atoms with van der Waals surface area (Å²) in [4.78, 5) is 17.0. The lowest BCUT2D eigenvalue weighted by Crippen LogP contribution is -2.34. The van der Waals surface area contributed by atoms with Crippen LogP contribution in [0.2, 0.25) is 0 Å². The zero-order valence-electron chi connectivity index (χ0n) is 19.4. The molecule has 0 saturated heterocycles. The largest absolute Gasteiger partial charge is 0.319 e. The molecule has 0 aliphatic carbocycles. The van der Waals surface area contributed by atoms with Crippen LogP contribution < -0.4 is 4.90 Å². The van der Waals surface area contributed by atoms with Crippen LogP contribution in [0, 0.1) is 13.8 Å². The van der Waals surface area contributed by atoms with E-state index in [1.807, 2.05) is 48.5 Å². The van der Waals surface area contributed by atoms with Gasteiger partial charge in [-0.05, 0) is 43.7 Å². The van der Waals surface area contributed by atoms with Crippen molar-refractivity contribution in [2.75, 3.05) is 4.90 Å². The number of nitrogens with zero attached hydrogens (tertiary/aromatic N) is 4. The number of amidine groups is 3. The Kier molecular flexibility index (Phi) is 6.13. The van der Waals surface area contributed by atoms with Gasteiger partial charge < -0.3 is 4.90 Å². The highest BCUT2D eigenvalue weighted by atomic mass is 15.3. The predicted octanol–water partition coefficient (Wildman–Crippen LogP) is 6.90. The van der Waals surface area contributed by atoms with Gasteiger partial charge in [0, 0.05) is 17.8 Å². The van der Waals surface area contributed by atoms with Crippen molar-refractivity contribution in [1.82, 2.24) is 0 Å². The fraction of sp³-hybridized carbons (Fsp3) is 0.100. The molecule has 0 radical (unpaired) electrons. The molecule has 1 aliphatic rings. The fourth-order valence-electron chi connectivity index (χ4n) is 3.82. The van der Waals surface area contributed by atoms with Crippen molar-refractivity contribution in [3.05, 3.63) is 131 Å². The minimum Gasteiger partial charge on any atom is -0.319 e. The molecule has 4 heteroatoms. The first-order valence-corrected chi connectivity index (χ1v) is 11.4. The van der Waals surface area contributed by atoms with Crippen LogP contribution in [0.4, 0.5) is 11.4 Å². The summed E-state index contributed by atoms with van der Waals surface area (Å²) in [5.41, 5.74) is 6.48. The first-order chi connectivity index (χ1) is 16.7. The summed E-state index contributed by atoms with van der Waals surface area (Å²) >= 11 is 0. The molecular weight excluding hydrogens is 416 g/mol. The lowest BCUT2D eigenvalue weighted by atomic mass is 10.1. The Hall–Kier alpha value is -4.31. The highest BCUT2D eigenvalue weighted by Crippen LogP contribution is 2.24. The number of hydrogen-bond acceptors (Lipinski definition) is 3. The molecule has 34 heavy (non-hydrogen) atoms. The Morgan fingerprint density at radius 2 is 1.24 bits per heavy atom. The minimum atomic E-state index is 0.610. The van der Waals surface area contributed by atoms with Gasteiger partial charge in [-0.15, -0.1) is 0 Å². The van der Waals surface area contributed by atoms with Crippen LogP contribution in [0.5, 0.6) is 0 Å². The maximum Gasteiger partial charge on any atom is 0.198 e. The Morgan fingerprint density at radius 1 is 0.647 bits per heavy atom. The summed E-state index contributed by atoms with van der Waals surface area (Å²) in [7, 11) is 0. The quantitative estimate of drug-likeness (QED) is 0.331. The summed E-state index contributed by atoms with van der Waals surface area (Å²) in [5.74, 6) is 2.03. The highest BCUT2D eigenvalue weighted by molar-refractivity contribution is 6.52. The van der Waals surface area contributed by atoms with E-state index >= 15 is 0 Å². The van der Waals surface area contributed by atoms with Crippen molar-refractivity contribution in [3.8, 4) is 0 Å². The molecule has 0 atom stereocenters. The maximum absolute atomic E-state index is 5.01. The number of rotatable bonds is 5. The number of hydrogen-bond donors (Lipinski definition) is 0. The summed E-state index contributed by atoms with van der Waals surface area (Å²) in [6.07, 6.45) is 0. The minimum absolute atomic E-state index is 0.610. The van der Waals surface area contributed by atoms with E-state index in [-0.39, 0.29) is 0 Å². The third-order valence-electron chi connectivity index (χ3n) is 5.71. The van der Waals surface area contributed by atoms with E-state index in [2.05, 4.69) is 79.4 Å². The average molecular weight is 443 g/mol. The zero-order chi connectivity index (χ0) is 23.3. The van der Waals surface area contributed by atoms with Gasteiger partial charge in [-0.2, -0.15) is 0 Å². The number of anilines is 1. The van der Waals surface area contributed by atoms with Gasteiger partial charge in [0.05, 0.1) is 5.69 Å². The van der Waals surface area contributed by atoms with E-state index in [1.165, 1.54) is 16.7 Å². The third kappa shape index (κ3) is 4.86. The van der Waals surface area contributed by atoms with Crippen LogP contribution >= 0.6 is 0 Å². The van der Waals surface area contributed by atoms with Crippen LogP contribution in [-0.4, -0.2) is 17.5 Å². The van der Waals surface area contributed by atoms with Crippen molar-refractivity contribution >= 4 is 28.9 Å². The first kappa shape index (κ1) is 21.5. The molecule has 1 aliphatic heterocycles. The lowest BCUT2D eigenvalue weighted by molar-refractivity contribution is 1.01. The van der Waals surface area contributed by atoms with Crippen molar-refractivity contribution in [2.45, 2.75) is 20.4 Å². The van der Waals surface area contributed by atoms with E-state index < -0.39 is 0 Å². The molecule has 0 spiro atoms. The van der Waals surface area contributed by atoms with Crippen molar-refractivity contribution in [2.24, 2.45) is 15.0 Å². The second-order valence-corrected chi connectivity index (χ2v) is 8.42. The molecule has 4 aromatic rings. The monoisotopic (exact) mass is 442 g/mol. The standard InChI is InChI=1S/C30H26N4/c1-22-13-17-26(18-14-22)31-29-30(33-28(32-29)25-11-7-4-8-12-25)34(21-24-9-5-3-6-10-24)27-19-15-23(2)16-20-27/h3-20H,21H2,1-2H3.